The van der Waals surface area contributed by atoms with Gasteiger partial charge in [-0.1, -0.05) is 35.9 Å². The summed E-state index contributed by atoms with van der Waals surface area (Å²) in [5.41, 5.74) is 1.57. The fourth-order valence-electron chi connectivity index (χ4n) is 3.07. The Balaban J connectivity index is 2.15. The monoisotopic (exact) mass is 431 g/mol. The molecule has 0 aliphatic carbocycles. The summed E-state index contributed by atoms with van der Waals surface area (Å²) in [7, 11) is -7.99. The van der Waals surface area contributed by atoms with Gasteiger partial charge in [-0.25, -0.2) is 16.8 Å². The van der Waals surface area contributed by atoms with Gasteiger partial charge in [0.1, 0.15) is 10.6 Å². The van der Waals surface area contributed by atoms with Crippen LogP contribution in [0.25, 0.3) is 0 Å². The van der Waals surface area contributed by atoms with Crippen LogP contribution in [0.1, 0.15) is 16.7 Å². The molecule has 0 atom stereocenters. The van der Waals surface area contributed by atoms with Gasteiger partial charge in [-0.2, -0.15) is 0 Å². The maximum atomic E-state index is 13.1. The van der Waals surface area contributed by atoms with Crippen LogP contribution in [0, 0.1) is 20.8 Å². The van der Waals surface area contributed by atoms with Crippen LogP contribution in [-0.4, -0.2) is 21.9 Å². The first kappa shape index (κ1) is 20.9. The Morgan fingerprint density at radius 3 is 1.97 bits per heavy atom. The minimum Gasteiger partial charge on any atom is -0.507 e. The molecule has 0 saturated heterocycles. The lowest BCUT2D eigenvalue weighted by molar-refractivity contribution is 0.457. The molecule has 3 aromatic carbocycles. The van der Waals surface area contributed by atoms with Crippen molar-refractivity contribution in [1.29, 1.82) is 0 Å². The average Bonchev–Trinajstić information content (AvgIpc) is 2.66. The maximum absolute atomic E-state index is 13.1. The number of sulfone groups is 1. The quantitative estimate of drug-likeness (QED) is 0.596. The topological polar surface area (TPSA) is 101 Å². The Kier molecular flexibility index (Phi) is 5.42. The predicted octanol–water partition coefficient (Wildman–Crippen LogP) is 3.95. The third-order valence-electron chi connectivity index (χ3n) is 4.59. The fraction of sp³-hybridized carbons (Fsp3) is 0.143. The van der Waals surface area contributed by atoms with E-state index in [9.17, 15) is 21.9 Å². The maximum Gasteiger partial charge on any atom is 0.261 e. The van der Waals surface area contributed by atoms with E-state index in [0.29, 0.717) is 5.56 Å². The summed E-state index contributed by atoms with van der Waals surface area (Å²) in [6.45, 7) is 4.91. The molecule has 3 aromatic rings. The van der Waals surface area contributed by atoms with E-state index in [1.807, 2.05) is 6.92 Å². The number of anilines is 1. The third-order valence-corrected chi connectivity index (χ3v) is 7.90. The van der Waals surface area contributed by atoms with Crippen molar-refractivity contribution >= 4 is 25.5 Å². The lowest BCUT2D eigenvalue weighted by Gasteiger charge is -2.18. The Morgan fingerprint density at radius 1 is 0.793 bits per heavy atom. The highest BCUT2D eigenvalue weighted by Gasteiger charge is 2.28. The van der Waals surface area contributed by atoms with Gasteiger partial charge in [-0.15, -0.1) is 0 Å². The summed E-state index contributed by atoms with van der Waals surface area (Å²) in [6, 6.07) is 15.2. The van der Waals surface area contributed by atoms with Crippen molar-refractivity contribution in [3.05, 3.63) is 77.4 Å². The number of rotatable bonds is 5. The molecule has 3 rings (SSSR count). The SMILES string of the molecule is Cc1ccc(S(=O)(=O)Nc2c(C)cc(O)c(S(=O)(=O)c3ccccc3)c2C)cc1. The van der Waals surface area contributed by atoms with Crippen LogP contribution in [0.2, 0.25) is 0 Å². The number of phenolic OH excluding ortho intramolecular Hbond substituents is 1. The van der Waals surface area contributed by atoms with Gasteiger partial charge in [0.25, 0.3) is 10.0 Å². The molecule has 0 heterocycles. The molecule has 0 aliphatic rings. The van der Waals surface area contributed by atoms with Gasteiger partial charge in [-0.3, -0.25) is 4.72 Å². The number of aryl methyl sites for hydroxylation is 2. The van der Waals surface area contributed by atoms with E-state index < -0.39 is 25.6 Å². The highest BCUT2D eigenvalue weighted by Crippen LogP contribution is 2.38. The number of benzene rings is 3. The van der Waals surface area contributed by atoms with Crippen molar-refractivity contribution in [2.24, 2.45) is 0 Å². The molecule has 0 fully saturated rings. The van der Waals surface area contributed by atoms with Crippen LogP contribution in [0.4, 0.5) is 5.69 Å². The zero-order valence-corrected chi connectivity index (χ0v) is 17.8. The smallest absolute Gasteiger partial charge is 0.261 e. The van der Waals surface area contributed by atoms with Crippen molar-refractivity contribution in [2.75, 3.05) is 4.72 Å². The highest BCUT2D eigenvalue weighted by atomic mass is 32.2. The summed E-state index contributed by atoms with van der Waals surface area (Å²) >= 11 is 0. The molecule has 6 nitrogen and oxygen atoms in total. The van der Waals surface area contributed by atoms with Crippen LogP contribution in [0.5, 0.6) is 5.75 Å². The summed E-state index contributed by atoms with van der Waals surface area (Å²) in [5, 5.41) is 10.4. The zero-order valence-electron chi connectivity index (χ0n) is 16.2. The minimum atomic E-state index is -4.05. The average molecular weight is 432 g/mol. The zero-order chi connectivity index (χ0) is 21.4. The summed E-state index contributed by atoms with van der Waals surface area (Å²) < 4.78 is 54.2. The van der Waals surface area contributed by atoms with E-state index in [2.05, 4.69) is 4.72 Å². The molecule has 0 aromatic heterocycles. The van der Waals surface area contributed by atoms with E-state index in [1.165, 1.54) is 37.3 Å². The Hall–Kier alpha value is -2.84. The van der Waals surface area contributed by atoms with Gasteiger partial charge >= 0.3 is 0 Å². The molecule has 2 N–H and O–H groups in total. The lowest BCUT2D eigenvalue weighted by atomic mass is 10.1. The Morgan fingerprint density at radius 2 is 1.38 bits per heavy atom. The van der Waals surface area contributed by atoms with Crippen LogP contribution in [0.15, 0.2) is 75.4 Å². The van der Waals surface area contributed by atoms with Crippen molar-refractivity contribution in [3.8, 4) is 5.75 Å². The standard InChI is InChI=1S/C21H21NO5S2/c1-14-9-11-18(12-10-14)29(26,27)22-20-15(2)13-19(23)21(16(20)3)28(24,25)17-7-5-4-6-8-17/h4-13,22-23H,1-3H3. The van der Waals surface area contributed by atoms with Gasteiger partial charge in [0, 0.05) is 0 Å². The highest BCUT2D eigenvalue weighted by molar-refractivity contribution is 7.93. The van der Waals surface area contributed by atoms with Gasteiger partial charge in [0.05, 0.1) is 15.5 Å². The van der Waals surface area contributed by atoms with Crippen LogP contribution in [-0.2, 0) is 19.9 Å². The number of phenols is 1. The van der Waals surface area contributed by atoms with E-state index in [1.54, 1.807) is 37.3 Å². The lowest BCUT2D eigenvalue weighted by Crippen LogP contribution is -2.16. The first-order valence-electron chi connectivity index (χ1n) is 8.77. The van der Waals surface area contributed by atoms with Crippen LogP contribution >= 0.6 is 0 Å². The van der Waals surface area contributed by atoms with E-state index in [4.69, 9.17) is 0 Å². The number of nitrogens with one attached hydrogen (secondary N) is 1. The van der Waals surface area contributed by atoms with Crippen molar-refractivity contribution < 1.29 is 21.9 Å². The molecule has 0 bridgehead atoms. The molecular formula is C21H21NO5S2. The predicted molar refractivity (Wildman–Crippen MR) is 111 cm³/mol. The molecule has 29 heavy (non-hydrogen) atoms. The molecule has 152 valence electrons. The van der Waals surface area contributed by atoms with E-state index in [-0.39, 0.29) is 25.9 Å². The second-order valence-electron chi connectivity index (χ2n) is 6.78. The minimum absolute atomic E-state index is 0.00888. The third kappa shape index (κ3) is 3.99. The molecule has 0 amide bonds. The van der Waals surface area contributed by atoms with Crippen molar-refractivity contribution in [3.63, 3.8) is 0 Å². The number of hydrogen-bond acceptors (Lipinski definition) is 5. The fourth-order valence-corrected chi connectivity index (χ4v) is 5.85. The molecule has 0 aliphatic heterocycles. The largest absolute Gasteiger partial charge is 0.507 e. The van der Waals surface area contributed by atoms with Crippen LogP contribution in [0.3, 0.4) is 0 Å². The molecular weight excluding hydrogens is 410 g/mol. The first-order chi connectivity index (χ1) is 13.5. The van der Waals surface area contributed by atoms with Crippen molar-refractivity contribution in [2.45, 2.75) is 35.5 Å². The second-order valence-corrected chi connectivity index (χ2v) is 10.3. The van der Waals surface area contributed by atoms with E-state index in [0.717, 1.165) is 5.56 Å². The van der Waals surface area contributed by atoms with Gasteiger partial charge in [0.2, 0.25) is 9.84 Å². The normalized spacial score (nSPS) is 12.0. The second kappa shape index (κ2) is 7.53. The van der Waals surface area contributed by atoms with Gasteiger partial charge < -0.3 is 5.11 Å². The number of hydrogen-bond donors (Lipinski definition) is 2. The number of aromatic hydroxyl groups is 1. The molecule has 0 saturated carbocycles. The van der Waals surface area contributed by atoms with E-state index >= 15 is 0 Å². The molecule has 0 radical (unpaired) electrons. The summed E-state index contributed by atoms with van der Waals surface area (Å²) in [4.78, 5) is -0.257. The van der Waals surface area contributed by atoms with Gasteiger partial charge in [-0.05, 0) is 62.2 Å². The summed E-state index contributed by atoms with van der Waals surface area (Å²) in [5.74, 6) is -0.429. The first-order valence-corrected chi connectivity index (χ1v) is 11.7. The molecule has 0 unspecified atom stereocenters. The summed E-state index contributed by atoms with van der Waals surface area (Å²) in [6.07, 6.45) is 0. The van der Waals surface area contributed by atoms with Crippen LogP contribution < -0.4 is 4.72 Å². The van der Waals surface area contributed by atoms with Crippen molar-refractivity contribution in [1.82, 2.24) is 0 Å². The number of sulfonamides is 1. The Bertz CT molecular complexity index is 1260. The molecule has 8 heteroatoms. The Labute approximate surface area is 170 Å². The van der Waals surface area contributed by atoms with Gasteiger partial charge in [0.15, 0.2) is 0 Å². The molecule has 0 spiro atoms.